The SMILES string of the molecule is C=C(C)CN1CC(=O)NC2(CCCC2)C1=O. The van der Waals surface area contributed by atoms with Crippen LogP contribution >= 0.6 is 0 Å². The monoisotopic (exact) mass is 222 g/mol. The van der Waals surface area contributed by atoms with Gasteiger partial charge in [-0.05, 0) is 19.8 Å². The van der Waals surface area contributed by atoms with Crippen molar-refractivity contribution in [2.75, 3.05) is 13.1 Å². The maximum atomic E-state index is 12.3. The van der Waals surface area contributed by atoms with Crippen LogP contribution in [0, 0.1) is 0 Å². The maximum absolute atomic E-state index is 12.3. The van der Waals surface area contributed by atoms with Gasteiger partial charge in [0.1, 0.15) is 5.54 Å². The van der Waals surface area contributed by atoms with Crippen molar-refractivity contribution in [3.05, 3.63) is 12.2 Å². The second kappa shape index (κ2) is 3.92. The smallest absolute Gasteiger partial charge is 0.249 e. The van der Waals surface area contributed by atoms with Gasteiger partial charge in [-0.3, -0.25) is 9.59 Å². The zero-order valence-electron chi connectivity index (χ0n) is 9.71. The van der Waals surface area contributed by atoms with Crippen molar-refractivity contribution in [1.82, 2.24) is 10.2 Å². The third kappa shape index (κ3) is 1.84. The number of rotatable bonds is 2. The van der Waals surface area contributed by atoms with Crippen molar-refractivity contribution < 1.29 is 9.59 Å². The number of hydrogen-bond acceptors (Lipinski definition) is 2. The van der Waals surface area contributed by atoms with Crippen LogP contribution in [-0.2, 0) is 9.59 Å². The first-order valence-electron chi connectivity index (χ1n) is 5.78. The van der Waals surface area contributed by atoms with E-state index in [2.05, 4.69) is 11.9 Å². The molecule has 1 aliphatic heterocycles. The van der Waals surface area contributed by atoms with Gasteiger partial charge >= 0.3 is 0 Å². The van der Waals surface area contributed by atoms with E-state index < -0.39 is 5.54 Å². The average Bonchev–Trinajstić information content (AvgIpc) is 2.62. The molecule has 88 valence electrons. The number of carbonyl (C=O) groups excluding carboxylic acids is 2. The van der Waals surface area contributed by atoms with E-state index in [0.29, 0.717) is 6.54 Å². The lowest BCUT2D eigenvalue weighted by atomic mass is 9.93. The summed E-state index contributed by atoms with van der Waals surface area (Å²) in [7, 11) is 0. The van der Waals surface area contributed by atoms with Crippen LogP contribution in [0.4, 0.5) is 0 Å². The molecule has 1 aliphatic carbocycles. The second-order valence-corrected chi connectivity index (χ2v) is 4.96. The second-order valence-electron chi connectivity index (χ2n) is 4.96. The van der Waals surface area contributed by atoms with E-state index in [9.17, 15) is 9.59 Å². The van der Waals surface area contributed by atoms with Crippen LogP contribution in [0.3, 0.4) is 0 Å². The molecule has 1 saturated carbocycles. The molecule has 4 nitrogen and oxygen atoms in total. The highest BCUT2D eigenvalue weighted by atomic mass is 16.2. The summed E-state index contributed by atoms with van der Waals surface area (Å²) in [4.78, 5) is 25.6. The molecule has 0 aromatic heterocycles. The van der Waals surface area contributed by atoms with E-state index in [1.54, 1.807) is 4.90 Å². The Morgan fingerprint density at radius 2 is 2.06 bits per heavy atom. The molecule has 4 heteroatoms. The fourth-order valence-corrected chi connectivity index (χ4v) is 2.68. The van der Waals surface area contributed by atoms with Crippen molar-refractivity contribution in [3.8, 4) is 0 Å². The molecule has 0 unspecified atom stereocenters. The molecule has 0 atom stereocenters. The van der Waals surface area contributed by atoms with Crippen molar-refractivity contribution in [2.24, 2.45) is 0 Å². The molecule has 2 fully saturated rings. The van der Waals surface area contributed by atoms with E-state index in [0.717, 1.165) is 31.3 Å². The van der Waals surface area contributed by atoms with Gasteiger partial charge in [-0.15, -0.1) is 0 Å². The van der Waals surface area contributed by atoms with Gasteiger partial charge in [-0.2, -0.15) is 0 Å². The first kappa shape index (κ1) is 11.2. The third-order valence-electron chi connectivity index (χ3n) is 3.33. The van der Waals surface area contributed by atoms with Crippen LogP contribution in [0.1, 0.15) is 32.6 Å². The molecule has 2 amide bonds. The van der Waals surface area contributed by atoms with Gasteiger partial charge in [0.25, 0.3) is 0 Å². The topological polar surface area (TPSA) is 49.4 Å². The highest BCUT2D eigenvalue weighted by Crippen LogP contribution is 2.33. The molecular formula is C12H18N2O2. The molecule has 1 spiro atoms. The van der Waals surface area contributed by atoms with Gasteiger partial charge in [0, 0.05) is 6.54 Å². The Labute approximate surface area is 95.7 Å². The zero-order valence-corrected chi connectivity index (χ0v) is 9.71. The number of piperazine rings is 1. The predicted octanol–water partition coefficient (Wildman–Crippen LogP) is 0.834. The Bertz CT molecular complexity index is 341. The lowest BCUT2D eigenvalue weighted by Crippen LogP contribution is -2.65. The van der Waals surface area contributed by atoms with Crippen molar-refractivity contribution in [3.63, 3.8) is 0 Å². The number of hydrogen-bond donors (Lipinski definition) is 1. The third-order valence-corrected chi connectivity index (χ3v) is 3.33. The fraction of sp³-hybridized carbons (Fsp3) is 0.667. The summed E-state index contributed by atoms with van der Waals surface area (Å²) in [6.07, 6.45) is 3.61. The van der Waals surface area contributed by atoms with Crippen LogP contribution in [0.5, 0.6) is 0 Å². The fourth-order valence-electron chi connectivity index (χ4n) is 2.68. The molecular weight excluding hydrogens is 204 g/mol. The Morgan fingerprint density at radius 3 is 2.62 bits per heavy atom. The summed E-state index contributed by atoms with van der Waals surface area (Å²) in [6, 6.07) is 0. The molecule has 1 N–H and O–H groups in total. The predicted molar refractivity (Wildman–Crippen MR) is 60.7 cm³/mol. The number of carbonyl (C=O) groups is 2. The summed E-state index contributed by atoms with van der Waals surface area (Å²) < 4.78 is 0. The summed E-state index contributed by atoms with van der Waals surface area (Å²) in [5, 5.41) is 2.88. The highest BCUT2D eigenvalue weighted by Gasteiger charge is 2.47. The normalized spacial score (nSPS) is 23.7. The van der Waals surface area contributed by atoms with Gasteiger partial charge in [0.15, 0.2) is 0 Å². The van der Waals surface area contributed by atoms with Crippen molar-refractivity contribution in [1.29, 1.82) is 0 Å². The van der Waals surface area contributed by atoms with Crippen LogP contribution in [0.25, 0.3) is 0 Å². The van der Waals surface area contributed by atoms with Crippen molar-refractivity contribution in [2.45, 2.75) is 38.1 Å². The number of amides is 2. The Kier molecular flexibility index (Phi) is 2.74. The van der Waals surface area contributed by atoms with Crippen LogP contribution in [-0.4, -0.2) is 35.3 Å². The largest absolute Gasteiger partial charge is 0.340 e. The molecule has 16 heavy (non-hydrogen) atoms. The van der Waals surface area contributed by atoms with E-state index >= 15 is 0 Å². The molecule has 0 aromatic rings. The van der Waals surface area contributed by atoms with Gasteiger partial charge in [-0.25, -0.2) is 0 Å². The number of nitrogens with zero attached hydrogens (tertiary/aromatic N) is 1. The first-order chi connectivity index (χ1) is 7.53. The molecule has 1 heterocycles. The van der Waals surface area contributed by atoms with E-state index in [1.165, 1.54) is 0 Å². The van der Waals surface area contributed by atoms with Crippen LogP contribution in [0.2, 0.25) is 0 Å². The summed E-state index contributed by atoms with van der Waals surface area (Å²) in [5.41, 5.74) is 0.321. The highest BCUT2D eigenvalue weighted by molar-refractivity contribution is 5.98. The molecule has 2 aliphatic rings. The van der Waals surface area contributed by atoms with Crippen molar-refractivity contribution >= 4 is 11.8 Å². The van der Waals surface area contributed by atoms with E-state index in [1.807, 2.05) is 6.92 Å². The first-order valence-corrected chi connectivity index (χ1v) is 5.78. The van der Waals surface area contributed by atoms with Gasteiger partial charge < -0.3 is 10.2 Å². The Balaban J connectivity index is 2.19. The lowest BCUT2D eigenvalue weighted by Gasteiger charge is -2.39. The summed E-state index contributed by atoms with van der Waals surface area (Å²) in [6.45, 7) is 6.34. The number of nitrogens with one attached hydrogen (secondary N) is 1. The van der Waals surface area contributed by atoms with E-state index in [-0.39, 0.29) is 18.4 Å². The molecule has 1 saturated heterocycles. The minimum atomic E-state index is -0.592. The minimum absolute atomic E-state index is 0.0391. The molecule has 2 rings (SSSR count). The van der Waals surface area contributed by atoms with Gasteiger partial charge in [0.05, 0.1) is 6.54 Å². The Hall–Kier alpha value is -1.32. The van der Waals surface area contributed by atoms with E-state index in [4.69, 9.17) is 0 Å². The maximum Gasteiger partial charge on any atom is 0.249 e. The zero-order chi connectivity index (χ0) is 11.8. The average molecular weight is 222 g/mol. The lowest BCUT2D eigenvalue weighted by molar-refractivity contribution is -0.149. The van der Waals surface area contributed by atoms with Gasteiger partial charge in [0.2, 0.25) is 11.8 Å². The molecule has 0 radical (unpaired) electrons. The van der Waals surface area contributed by atoms with Crippen LogP contribution in [0.15, 0.2) is 12.2 Å². The standard InChI is InChI=1S/C12H18N2O2/c1-9(2)7-14-8-10(15)13-12(11(14)16)5-3-4-6-12/h1,3-8H2,2H3,(H,13,15). The Morgan fingerprint density at radius 1 is 1.44 bits per heavy atom. The van der Waals surface area contributed by atoms with Gasteiger partial charge in [-0.1, -0.05) is 25.0 Å². The summed E-state index contributed by atoms with van der Waals surface area (Å²) >= 11 is 0. The molecule has 0 aromatic carbocycles. The molecule has 0 bridgehead atoms. The van der Waals surface area contributed by atoms with Crippen LogP contribution < -0.4 is 5.32 Å². The minimum Gasteiger partial charge on any atom is -0.340 e. The summed E-state index contributed by atoms with van der Waals surface area (Å²) in [5.74, 6) is 0.0374. The quantitative estimate of drug-likeness (QED) is 0.704.